The summed E-state index contributed by atoms with van der Waals surface area (Å²) in [5, 5.41) is 2.77. The molecule has 3 rings (SSSR count). The first kappa shape index (κ1) is 16.4. The van der Waals surface area contributed by atoms with Crippen LogP contribution in [0.25, 0.3) is 11.0 Å². The Labute approximate surface area is 146 Å². The predicted octanol–water partition coefficient (Wildman–Crippen LogP) is 3.72. The molecular formula is C17H15BrFN3O2. The van der Waals surface area contributed by atoms with Gasteiger partial charge in [-0.05, 0) is 37.3 Å². The number of nitrogens with zero attached hydrogens (tertiary/aromatic N) is 1. The van der Waals surface area contributed by atoms with E-state index in [9.17, 15) is 9.18 Å². The van der Waals surface area contributed by atoms with Crippen molar-refractivity contribution in [1.29, 1.82) is 0 Å². The Morgan fingerprint density at radius 1 is 1.38 bits per heavy atom. The van der Waals surface area contributed by atoms with Gasteiger partial charge in [-0.3, -0.25) is 4.79 Å². The zero-order valence-electron chi connectivity index (χ0n) is 12.8. The van der Waals surface area contributed by atoms with Crippen LogP contribution in [0.5, 0.6) is 5.75 Å². The fourth-order valence-electron chi connectivity index (χ4n) is 2.26. The Morgan fingerprint density at radius 3 is 2.92 bits per heavy atom. The number of nitrogens with one attached hydrogen (secondary N) is 2. The van der Waals surface area contributed by atoms with Crippen LogP contribution in [0.1, 0.15) is 18.8 Å². The number of amides is 1. The molecule has 0 aliphatic heterocycles. The van der Waals surface area contributed by atoms with E-state index in [0.29, 0.717) is 10.3 Å². The van der Waals surface area contributed by atoms with Gasteiger partial charge in [-0.2, -0.15) is 0 Å². The van der Waals surface area contributed by atoms with Crippen molar-refractivity contribution >= 4 is 32.9 Å². The van der Waals surface area contributed by atoms with Crippen LogP contribution >= 0.6 is 15.9 Å². The minimum Gasteiger partial charge on any atom is -0.481 e. The van der Waals surface area contributed by atoms with Crippen LogP contribution in [0.15, 0.2) is 46.9 Å². The molecule has 3 aromatic rings. The summed E-state index contributed by atoms with van der Waals surface area (Å²) in [6.45, 7) is 1.54. The third kappa shape index (κ3) is 3.73. The number of H-pyrrole nitrogens is 1. The van der Waals surface area contributed by atoms with Crippen molar-refractivity contribution in [2.75, 3.05) is 6.61 Å². The molecule has 24 heavy (non-hydrogen) atoms. The molecule has 0 spiro atoms. The first-order valence-corrected chi connectivity index (χ1v) is 8.14. The number of aromatic nitrogens is 2. The lowest BCUT2D eigenvalue weighted by atomic mass is 10.3. The minimum atomic E-state index is -0.525. The van der Waals surface area contributed by atoms with E-state index in [4.69, 9.17) is 4.74 Å². The molecule has 0 saturated heterocycles. The third-order valence-corrected chi connectivity index (χ3v) is 3.94. The van der Waals surface area contributed by atoms with E-state index in [1.807, 2.05) is 31.2 Å². The second-order valence-electron chi connectivity index (χ2n) is 5.29. The first-order chi connectivity index (χ1) is 11.5. The average Bonchev–Trinajstić information content (AvgIpc) is 2.98. The number of hydrogen-bond acceptors (Lipinski definition) is 3. The van der Waals surface area contributed by atoms with Crippen LogP contribution in [0.2, 0.25) is 0 Å². The summed E-state index contributed by atoms with van der Waals surface area (Å²) in [5.74, 6) is -0.197. The highest BCUT2D eigenvalue weighted by atomic mass is 79.9. The summed E-state index contributed by atoms with van der Waals surface area (Å²) < 4.78 is 19.5. The molecule has 0 aliphatic rings. The molecule has 1 atom stereocenters. The molecule has 0 aliphatic carbocycles. The molecule has 0 saturated carbocycles. The summed E-state index contributed by atoms with van der Waals surface area (Å²) in [6, 6.07) is 11.7. The van der Waals surface area contributed by atoms with Crippen LogP contribution in [-0.4, -0.2) is 22.5 Å². The molecule has 2 N–H and O–H groups in total. The molecule has 2 aromatic carbocycles. The van der Waals surface area contributed by atoms with Gasteiger partial charge in [0, 0.05) is 4.47 Å². The molecule has 124 valence electrons. The van der Waals surface area contributed by atoms with Crippen LogP contribution in [0.4, 0.5) is 4.39 Å². The molecule has 1 amide bonds. The fraction of sp³-hybridized carbons (Fsp3) is 0.176. The van der Waals surface area contributed by atoms with Crippen molar-refractivity contribution < 1.29 is 13.9 Å². The van der Waals surface area contributed by atoms with Gasteiger partial charge in [0.2, 0.25) is 0 Å². The number of benzene rings is 2. The van der Waals surface area contributed by atoms with E-state index < -0.39 is 5.82 Å². The summed E-state index contributed by atoms with van der Waals surface area (Å²) in [6.07, 6.45) is 0. The molecule has 1 unspecified atom stereocenters. The minimum absolute atomic E-state index is 0.0322. The Hall–Kier alpha value is -2.41. The maximum atomic E-state index is 13.6. The lowest BCUT2D eigenvalue weighted by molar-refractivity contribution is -0.123. The second-order valence-corrected chi connectivity index (χ2v) is 6.21. The normalized spacial score (nSPS) is 12.1. The molecule has 0 radical (unpaired) electrons. The van der Waals surface area contributed by atoms with E-state index in [1.165, 1.54) is 12.1 Å². The number of carbonyl (C=O) groups is 1. The van der Waals surface area contributed by atoms with Crippen molar-refractivity contribution in [2.24, 2.45) is 0 Å². The molecule has 0 fully saturated rings. The third-order valence-electron chi connectivity index (χ3n) is 3.45. The van der Waals surface area contributed by atoms with E-state index in [0.717, 1.165) is 11.0 Å². The van der Waals surface area contributed by atoms with Gasteiger partial charge in [-0.1, -0.05) is 28.1 Å². The highest BCUT2D eigenvalue weighted by molar-refractivity contribution is 9.10. The predicted molar refractivity (Wildman–Crippen MR) is 92.2 cm³/mol. The largest absolute Gasteiger partial charge is 0.481 e. The fourth-order valence-corrected chi connectivity index (χ4v) is 2.60. The van der Waals surface area contributed by atoms with Gasteiger partial charge in [-0.15, -0.1) is 0 Å². The number of halogens is 2. The number of fused-ring (bicyclic) bond motifs is 1. The van der Waals surface area contributed by atoms with Crippen molar-refractivity contribution in [2.45, 2.75) is 13.0 Å². The van der Waals surface area contributed by atoms with E-state index in [1.54, 1.807) is 6.07 Å². The van der Waals surface area contributed by atoms with Crippen LogP contribution < -0.4 is 10.1 Å². The van der Waals surface area contributed by atoms with Gasteiger partial charge in [0.15, 0.2) is 18.2 Å². The quantitative estimate of drug-likeness (QED) is 0.696. The van der Waals surface area contributed by atoms with Crippen LogP contribution in [-0.2, 0) is 4.79 Å². The van der Waals surface area contributed by atoms with Crippen molar-refractivity contribution in [3.05, 3.63) is 58.6 Å². The van der Waals surface area contributed by atoms with Gasteiger partial charge < -0.3 is 15.0 Å². The number of para-hydroxylation sites is 2. The number of imidazole rings is 1. The highest BCUT2D eigenvalue weighted by Gasteiger charge is 2.14. The lowest BCUT2D eigenvalue weighted by Gasteiger charge is -2.12. The van der Waals surface area contributed by atoms with Crippen molar-refractivity contribution in [1.82, 2.24) is 15.3 Å². The molecule has 5 nitrogen and oxygen atoms in total. The topological polar surface area (TPSA) is 67.0 Å². The molecule has 0 bridgehead atoms. The van der Waals surface area contributed by atoms with Gasteiger partial charge in [0.1, 0.15) is 5.82 Å². The maximum absolute atomic E-state index is 13.6. The van der Waals surface area contributed by atoms with Crippen LogP contribution in [0.3, 0.4) is 0 Å². The summed E-state index contributed by atoms with van der Waals surface area (Å²) in [4.78, 5) is 19.6. The summed E-state index contributed by atoms with van der Waals surface area (Å²) >= 11 is 3.16. The van der Waals surface area contributed by atoms with E-state index in [2.05, 4.69) is 31.2 Å². The van der Waals surface area contributed by atoms with Gasteiger partial charge in [0.05, 0.1) is 17.1 Å². The zero-order chi connectivity index (χ0) is 17.1. The molecule has 1 aromatic heterocycles. The average molecular weight is 392 g/mol. The van der Waals surface area contributed by atoms with Crippen molar-refractivity contribution in [3.8, 4) is 5.75 Å². The standard InChI is InChI=1S/C17H15BrFN3O2/c1-10(17-21-13-4-2-3-5-14(13)22-17)20-16(23)9-24-15-7-6-11(18)8-12(15)19/h2-8,10H,9H2,1H3,(H,20,23)(H,21,22). The van der Waals surface area contributed by atoms with Gasteiger partial charge >= 0.3 is 0 Å². The van der Waals surface area contributed by atoms with Gasteiger partial charge in [-0.25, -0.2) is 9.37 Å². The monoisotopic (exact) mass is 391 g/mol. The summed E-state index contributed by atoms with van der Waals surface area (Å²) in [5.41, 5.74) is 1.74. The second kappa shape index (κ2) is 7.00. The van der Waals surface area contributed by atoms with E-state index in [-0.39, 0.29) is 24.3 Å². The number of rotatable bonds is 5. The van der Waals surface area contributed by atoms with Crippen molar-refractivity contribution in [3.63, 3.8) is 0 Å². The smallest absolute Gasteiger partial charge is 0.258 e. The molecule has 7 heteroatoms. The Morgan fingerprint density at radius 2 is 2.17 bits per heavy atom. The molecule has 1 heterocycles. The Bertz CT molecular complexity index is 848. The number of hydrogen-bond donors (Lipinski definition) is 2. The van der Waals surface area contributed by atoms with E-state index >= 15 is 0 Å². The zero-order valence-corrected chi connectivity index (χ0v) is 14.4. The number of carbonyl (C=O) groups excluding carboxylic acids is 1. The van der Waals surface area contributed by atoms with Crippen LogP contribution in [0, 0.1) is 5.82 Å². The first-order valence-electron chi connectivity index (χ1n) is 7.35. The Kier molecular flexibility index (Phi) is 4.80. The SMILES string of the molecule is CC(NC(=O)COc1ccc(Br)cc1F)c1nc2ccccc2[nH]1. The molecular weight excluding hydrogens is 377 g/mol. The highest BCUT2D eigenvalue weighted by Crippen LogP contribution is 2.21. The summed E-state index contributed by atoms with van der Waals surface area (Å²) in [7, 11) is 0. The van der Waals surface area contributed by atoms with Gasteiger partial charge in [0.25, 0.3) is 5.91 Å². The maximum Gasteiger partial charge on any atom is 0.258 e. The number of ether oxygens (including phenoxy) is 1. The Balaban J connectivity index is 1.59. The lowest BCUT2D eigenvalue weighted by Crippen LogP contribution is -2.31. The number of aromatic amines is 1.